The SMILES string of the molecule is CCCC1=C[C@@]2(C(=O)CO[Si](C)(C)C(C)(C)C)C(=CC(=O)C3C[C@H](C)[C@@H](O)C[C@@]32C)C2=C1C1=C(C2)OCO1. The van der Waals surface area contributed by atoms with Gasteiger partial charge in [0.25, 0.3) is 0 Å². The number of rotatable bonds is 6. The van der Waals surface area contributed by atoms with Gasteiger partial charge in [0.2, 0.25) is 6.79 Å². The lowest BCUT2D eigenvalue weighted by Crippen LogP contribution is -2.61. The van der Waals surface area contributed by atoms with Crippen molar-refractivity contribution in [1.29, 1.82) is 0 Å². The predicted octanol–water partition coefficient (Wildman–Crippen LogP) is 6.14. The summed E-state index contributed by atoms with van der Waals surface area (Å²) >= 11 is 0. The van der Waals surface area contributed by atoms with Crippen molar-refractivity contribution in [3.8, 4) is 0 Å². The molecule has 4 aliphatic carbocycles. The standard InChI is InChI=1S/C31H44O6Si/c1-9-10-19-14-31(26(34)16-37-38(7,8)29(3,4)5)21(20-12-25-28(27(19)20)36-17-35-25)13-23(32)22-11-18(2)24(33)15-30(22,31)6/h13-14,18,22,24,33H,9-12,15-17H2,1-8H3/t18-,22?,24-,30-,31-/m0/s1. The molecule has 0 aromatic carbocycles. The second kappa shape index (κ2) is 9.03. The Morgan fingerprint density at radius 3 is 2.63 bits per heavy atom. The molecule has 0 aromatic heterocycles. The second-order valence-electron chi connectivity index (χ2n) is 13.8. The summed E-state index contributed by atoms with van der Waals surface area (Å²) in [5.41, 5.74) is 2.00. The van der Waals surface area contributed by atoms with Crippen molar-refractivity contribution < 1.29 is 28.6 Å². The summed E-state index contributed by atoms with van der Waals surface area (Å²) in [6.45, 7) is 17.2. The first-order valence-electron chi connectivity index (χ1n) is 14.2. The van der Waals surface area contributed by atoms with Gasteiger partial charge in [-0.3, -0.25) is 9.59 Å². The zero-order valence-corrected chi connectivity index (χ0v) is 25.3. The third-order valence-electron chi connectivity index (χ3n) is 10.5. The largest absolute Gasteiger partial charge is 0.458 e. The van der Waals surface area contributed by atoms with Crippen LogP contribution in [0, 0.1) is 22.7 Å². The van der Waals surface area contributed by atoms with Crippen LogP contribution in [-0.4, -0.2) is 44.5 Å². The molecule has 1 heterocycles. The lowest BCUT2D eigenvalue weighted by molar-refractivity contribution is -0.150. The van der Waals surface area contributed by atoms with E-state index in [0.717, 1.165) is 46.7 Å². The van der Waals surface area contributed by atoms with Crippen LogP contribution in [0.15, 0.2) is 46.0 Å². The number of aliphatic hydroxyl groups excluding tert-OH is 1. The summed E-state index contributed by atoms with van der Waals surface area (Å²) in [7, 11) is -2.21. The van der Waals surface area contributed by atoms with Gasteiger partial charge in [-0.15, -0.1) is 0 Å². The van der Waals surface area contributed by atoms with Crippen molar-refractivity contribution >= 4 is 19.9 Å². The second-order valence-corrected chi connectivity index (χ2v) is 18.6. The molecule has 0 saturated heterocycles. The molecule has 6 nitrogen and oxygen atoms in total. The predicted molar refractivity (Wildman–Crippen MR) is 148 cm³/mol. The number of Topliss-reactive ketones (excluding diaryl/α,β-unsaturated/α-hetero) is 1. The Hall–Kier alpha value is -1.96. The van der Waals surface area contributed by atoms with Crippen molar-refractivity contribution in [3.63, 3.8) is 0 Å². The Morgan fingerprint density at radius 2 is 1.97 bits per heavy atom. The number of carbonyl (C=O) groups excluding carboxylic acids is 2. The summed E-state index contributed by atoms with van der Waals surface area (Å²) < 4.78 is 18.3. The lowest BCUT2D eigenvalue weighted by atomic mass is 9.43. The first-order valence-corrected chi connectivity index (χ1v) is 17.1. The number of hydrogen-bond donors (Lipinski definition) is 1. The summed E-state index contributed by atoms with van der Waals surface area (Å²) in [6, 6.07) is 0. The van der Waals surface area contributed by atoms with Gasteiger partial charge in [0.05, 0.1) is 18.1 Å². The molecule has 1 saturated carbocycles. The van der Waals surface area contributed by atoms with Crippen LogP contribution < -0.4 is 0 Å². The van der Waals surface area contributed by atoms with Crippen LogP contribution in [-0.2, 0) is 23.5 Å². The van der Waals surface area contributed by atoms with E-state index < -0.39 is 25.3 Å². The van der Waals surface area contributed by atoms with Crippen molar-refractivity contribution in [2.45, 2.75) is 97.9 Å². The number of ketones is 2. The Morgan fingerprint density at radius 1 is 1.26 bits per heavy atom. The maximum atomic E-state index is 14.8. The number of ether oxygens (including phenoxy) is 2. The molecule has 38 heavy (non-hydrogen) atoms. The van der Waals surface area contributed by atoms with Gasteiger partial charge in [-0.25, -0.2) is 0 Å². The highest BCUT2D eigenvalue weighted by molar-refractivity contribution is 6.74. The van der Waals surface area contributed by atoms with Crippen LogP contribution in [0.3, 0.4) is 0 Å². The van der Waals surface area contributed by atoms with Crippen LogP contribution in [0.25, 0.3) is 0 Å². The molecule has 5 atom stereocenters. The third-order valence-corrected chi connectivity index (χ3v) is 15.0. The smallest absolute Gasteiger partial charge is 0.230 e. The maximum Gasteiger partial charge on any atom is 0.230 e. The van der Waals surface area contributed by atoms with Crippen molar-refractivity contribution in [2.24, 2.45) is 22.7 Å². The van der Waals surface area contributed by atoms with E-state index in [1.54, 1.807) is 6.08 Å². The molecule has 0 aromatic rings. The Labute approximate surface area is 228 Å². The van der Waals surface area contributed by atoms with Gasteiger partial charge in [-0.05, 0) is 66.1 Å². The minimum absolute atomic E-state index is 0.00110. The average molecular weight is 541 g/mol. The molecule has 0 amide bonds. The van der Waals surface area contributed by atoms with E-state index in [-0.39, 0.29) is 41.8 Å². The quantitative estimate of drug-likeness (QED) is 0.408. The first kappa shape index (κ1) is 27.6. The highest BCUT2D eigenvalue weighted by Crippen LogP contribution is 2.66. The minimum Gasteiger partial charge on any atom is -0.458 e. The molecule has 1 aliphatic heterocycles. The monoisotopic (exact) mass is 540 g/mol. The zero-order valence-electron chi connectivity index (χ0n) is 24.3. The summed E-state index contributed by atoms with van der Waals surface area (Å²) in [4.78, 5) is 28.6. The summed E-state index contributed by atoms with van der Waals surface area (Å²) in [5, 5.41) is 11.1. The maximum absolute atomic E-state index is 14.8. The van der Waals surface area contributed by atoms with Gasteiger partial charge in [-0.2, -0.15) is 0 Å². The number of allylic oxidation sites excluding steroid dienone is 5. The lowest BCUT2D eigenvalue weighted by Gasteiger charge is -2.59. The normalized spacial score (nSPS) is 34.6. The number of carbonyl (C=O) groups is 2. The van der Waals surface area contributed by atoms with E-state index in [2.05, 4.69) is 53.8 Å². The Bertz CT molecular complexity index is 1200. The van der Waals surface area contributed by atoms with E-state index in [9.17, 15) is 14.7 Å². The number of aliphatic hydroxyl groups is 1. The molecule has 1 N–H and O–H groups in total. The molecule has 1 unspecified atom stereocenters. The van der Waals surface area contributed by atoms with Crippen molar-refractivity contribution in [1.82, 2.24) is 0 Å². The van der Waals surface area contributed by atoms with Crippen LogP contribution in [0.5, 0.6) is 0 Å². The molecular weight excluding hydrogens is 496 g/mol. The molecule has 0 spiro atoms. The van der Waals surface area contributed by atoms with Crippen LogP contribution in [0.2, 0.25) is 18.1 Å². The van der Waals surface area contributed by atoms with Crippen molar-refractivity contribution in [2.75, 3.05) is 13.4 Å². The Balaban J connectivity index is 1.69. The first-order chi connectivity index (χ1) is 17.7. The highest BCUT2D eigenvalue weighted by Gasteiger charge is 2.66. The Kier molecular flexibility index (Phi) is 6.56. The van der Waals surface area contributed by atoms with E-state index in [1.807, 2.05) is 6.92 Å². The van der Waals surface area contributed by atoms with Gasteiger partial charge >= 0.3 is 0 Å². The summed E-state index contributed by atoms with van der Waals surface area (Å²) in [6.07, 6.45) is 6.51. The van der Waals surface area contributed by atoms with Gasteiger partial charge in [0, 0.05) is 23.3 Å². The molecule has 5 rings (SSSR count). The van der Waals surface area contributed by atoms with E-state index in [0.29, 0.717) is 19.3 Å². The molecule has 1 fully saturated rings. The van der Waals surface area contributed by atoms with Gasteiger partial charge in [-0.1, -0.05) is 54.0 Å². The van der Waals surface area contributed by atoms with Crippen LogP contribution in [0.4, 0.5) is 0 Å². The molecular formula is C31H44O6Si. The third kappa shape index (κ3) is 3.79. The van der Waals surface area contributed by atoms with Crippen LogP contribution in [0.1, 0.15) is 73.6 Å². The topological polar surface area (TPSA) is 82.1 Å². The number of fused-ring (bicyclic) bond motifs is 5. The zero-order chi connectivity index (χ0) is 27.8. The average Bonchev–Trinajstić information content (AvgIpc) is 3.41. The fraction of sp³-hybridized carbons (Fsp3) is 0.677. The molecule has 5 aliphatic rings. The number of hydrogen-bond acceptors (Lipinski definition) is 6. The molecule has 0 bridgehead atoms. The van der Waals surface area contributed by atoms with E-state index in [4.69, 9.17) is 13.9 Å². The summed E-state index contributed by atoms with van der Waals surface area (Å²) in [5.74, 6) is 1.26. The molecule has 0 radical (unpaired) electrons. The fourth-order valence-corrected chi connectivity index (χ4v) is 8.12. The van der Waals surface area contributed by atoms with E-state index in [1.165, 1.54) is 0 Å². The molecule has 7 heteroatoms. The van der Waals surface area contributed by atoms with Crippen molar-refractivity contribution in [3.05, 3.63) is 46.0 Å². The van der Waals surface area contributed by atoms with Gasteiger partial charge in [0.15, 0.2) is 25.6 Å². The van der Waals surface area contributed by atoms with E-state index >= 15 is 0 Å². The fourth-order valence-electron chi connectivity index (χ4n) is 7.19. The molecule has 208 valence electrons. The van der Waals surface area contributed by atoms with Gasteiger partial charge < -0.3 is 19.0 Å². The highest BCUT2D eigenvalue weighted by atomic mass is 28.4. The van der Waals surface area contributed by atoms with Gasteiger partial charge in [0.1, 0.15) is 5.76 Å². The minimum atomic E-state index is -2.21. The van der Waals surface area contributed by atoms with Crippen LogP contribution >= 0.6 is 0 Å².